The van der Waals surface area contributed by atoms with Crippen LogP contribution in [0.1, 0.15) is 142 Å². The van der Waals surface area contributed by atoms with Crippen molar-refractivity contribution in [1.29, 1.82) is 0 Å². The number of hydrogen-bond acceptors (Lipinski definition) is 4. The number of esters is 1. The minimum Gasteiger partial charge on any atom is -0.480 e. The largest absolute Gasteiger partial charge is 0.480 e. The zero-order valence-corrected chi connectivity index (χ0v) is 30.7. The summed E-state index contributed by atoms with van der Waals surface area (Å²) >= 11 is 0. The van der Waals surface area contributed by atoms with Gasteiger partial charge in [-0.1, -0.05) is 131 Å². The van der Waals surface area contributed by atoms with Crippen molar-refractivity contribution in [3.63, 3.8) is 0 Å². The Morgan fingerprint density at radius 1 is 0.571 bits per heavy atom. The molecule has 2 N–H and O–H groups in total. The lowest BCUT2D eigenvalue weighted by atomic mass is 10.1. The van der Waals surface area contributed by atoms with Gasteiger partial charge < -0.3 is 15.2 Å². The van der Waals surface area contributed by atoms with Gasteiger partial charge in [-0.25, -0.2) is 0 Å². The number of hydrogen-bond donors (Lipinski definition) is 2. The molecule has 0 saturated carbocycles. The zero-order chi connectivity index (χ0) is 35.9. The van der Waals surface area contributed by atoms with Crippen molar-refractivity contribution in [3.05, 3.63) is 97.2 Å². The number of rotatable bonds is 32. The van der Waals surface area contributed by atoms with E-state index < -0.39 is 5.97 Å². The second-order valence-electron chi connectivity index (χ2n) is 12.1. The third-order valence-corrected chi connectivity index (χ3v) is 7.47. The van der Waals surface area contributed by atoms with Crippen LogP contribution in [-0.4, -0.2) is 35.6 Å². The summed E-state index contributed by atoms with van der Waals surface area (Å²) in [5, 5.41) is 11.0. The van der Waals surface area contributed by atoms with Gasteiger partial charge in [0.05, 0.1) is 0 Å². The fourth-order valence-electron chi connectivity index (χ4n) is 4.70. The Bertz CT molecular complexity index is 1060. The third-order valence-electron chi connectivity index (χ3n) is 7.47. The van der Waals surface area contributed by atoms with Gasteiger partial charge in [0.1, 0.15) is 12.6 Å². The van der Waals surface area contributed by atoms with Crippen LogP contribution < -0.4 is 5.32 Å². The van der Waals surface area contributed by atoms with Gasteiger partial charge in [0.15, 0.2) is 0 Å². The molecule has 0 bridgehead atoms. The first-order chi connectivity index (χ1) is 24.0. The molecule has 0 aromatic carbocycles. The molecule has 274 valence electrons. The van der Waals surface area contributed by atoms with Crippen molar-refractivity contribution >= 4 is 17.8 Å². The number of carboxylic acid groups (broad SMARTS) is 1. The van der Waals surface area contributed by atoms with Crippen LogP contribution in [0.2, 0.25) is 0 Å². The van der Waals surface area contributed by atoms with Gasteiger partial charge in [-0.2, -0.15) is 0 Å². The average molecular weight is 678 g/mol. The molecule has 0 aromatic heterocycles. The number of unbranched alkanes of at least 4 members (excludes halogenated alkanes) is 7. The quantitative estimate of drug-likeness (QED) is 0.0420. The van der Waals surface area contributed by atoms with Crippen molar-refractivity contribution in [2.75, 3.05) is 6.54 Å². The van der Waals surface area contributed by atoms with E-state index in [1.807, 2.05) is 6.08 Å². The molecular weight excluding hydrogens is 610 g/mol. The minimum atomic E-state index is -1.04. The molecule has 0 aliphatic carbocycles. The Labute approximate surface area is 298 Å². The smallest absolute Gasteiger partial charge is 0.322 e. The summed E-state index contributed by atoms with van der Waals surface area (Å²) < 4.78 is 5.81. The molecule has 0 fully saturated rings. The first-order valence-electron chi connectivity index (χ1n) is 18.9. The maximum absolute atomic E-state index is 12.5. The molecule has 1 unspecified atom stereocenters. The highest BCUT2D eigenvalue weighted by molar-refractivity contribution is 5.80. The maximum atomic E-state index is 12.5. The van der Waals surface area contributed by atoms with Crippen LogP contribution in [-0.2, 0) is 19.1 Å². The SMILES string of the molecule is CC/C=C\C/C=C\C/C=C\C/C=C\C/C=C\C/C=C\C/C=C\CCCC(=O)OC(/C=C\CCCCC)CCCCCCC(=O)NCC(=O)O. The van der Waals surface area contributed by atoms with E-state index in [9.17, 15) is 14.4 Å². The Morgan fingerprint density at radius 2 is 1.08 bits per heavy atom. The Hall–Kier alpha value is -3.67. The molecular formula is C43H67NO5. The number of nitrogens with one attached hydrogen (secondary N) is 1. The molecule has 0 aliphatic heterocycles. The molecule has 0 heterocycles. The molecule has 49 heavy (non-hydrogen) atoms. The van der Waals surface area contributed by atoms with E-state index in [0.717, 1.165) is 103 Å². The third kappa shape index (κ3) is 37.0. The van der Waals surface area contributed by atoms with E-state index >= 15 is 0 Å². The van der Waals surface area contributed by atoms with E-state index in [1.54, 1.807) is 0 Å². The van der Waals surface area contributed by atoms with E-state index in [2.05, 4.69) is 110 Å². The van der Waals surface area contributed by atoms with Crippen LogP contribution in [0.3, 0.4) is 0 Å². The van der Waals surface area contributed by atoms with Crippen molar-refractivity contribution < 1.29 is 24.2 Å². The number of aliphatic carboxylic acids is 1. The van der Waals surface area contributed by atoms with Crippen molar-refractivity contribution in [2.45, 2.75) is 148 Å². The number of carbonyl (C=O) groups excluding carboxylic acids is 2. The van der Waals surface area contributed by atoms with E-state index in [4.69, 9.17) is 9.84 Å². The summed E-state index contributed by atoms with van der Waals surface area (Å²) in [5.41, 5.74) is 0. The van der Waals surface area contributed by atoms with Gasteiger partial charge >= 0.3 is 11.9 Å². The molecule has 6 heteroatoms. The Balaban J connectivity index is 4.10. The summed E-state index contributed by atoms with van der Waals surface area (Å²) in [4.78, 5) is 34.7. The highest BCUT2D eigenvalue weighted by atomic mass is 16.5. The summed E-state index contributed by atoms with van der Waals surface area (Å²) in [7, 11) is 0. The molecule has 0 aromatic rings. The van der Waals surface area contributed by atoms with Crippen molar-refractivity contribution in [3.8, 4) is 0 Å². The second-order valence-corrected chi connectivity index (χ2v) is 12.1. The van der Waals surface area contributed by atoms with Gasteiger partial charge in [0.25, 0.3) is 0 Å². The summed E-state index contributed by atoms with van der Waals surface area (Å²) in [6, 6.07) is 0. The molecule has 0 saturated heterocycles. The van der Waals surface area contributed by atoms with Crippen LogP contribution in [0.4, 0.5) is 0 Å². The standard InChI is InChI=1S/C43H67NO5/c1-3-5-7-9-10-11-12-13-14-15-16-17-18-19-20-21-22-23-24-25-26-28-34-38-43(48)49-40(35-31-27-8-6-4-2)36-32-29-30-33-37-41(45)44-39-42(46)47/h5,7,10-11,13-14,16-17,19-20,22-23,25-26,31,35,40H,3-4,6,8-9,12,15,18,21,24,27-30,32-34,36-39H2,1-2H3,(H,44,45)(H,46,47)/b7-5-,11-10-,14-13-,17-16-,20-19-,23-22-,26-25-,35-31-. The summed E-state index contributed by atoms with van der Waals surface area (Å²) in [5.74, 6) is -1.42. The van der Waals surface area contributed by atoms with Gasteiger partial charge in [0.2, 0.25) is 5.91 Å². The average Bonchev–Trinajstić information content (AvgIpc) is 3.08. The van der Waals surface area contributed by atoms with Crippen LogP contribution in [0.15, 0.2) is 97.2 Å². The topological polar surface area (TPSA) is 92.7 Å². The molecule has 0 radical (unpaired) electrons. The fourth-order valence-corrected chi connectivity index (χ4v) is 4.70. The predicted octanol–water partition coefficient (Wildman–Crippen LogP) is 11.4. The number of allylic oxidation sites excluding steroid dienone is 15. The van der Waals surface area contributed by atoms with E-state index in [-0.39, 0.29) is 24.5 Å². The summed E-state index contributed by atoms with van der Waals surface area (Å²) in [6.45, 7) is 4.00. The first kappa shape index (κ1) is 45.3. The van der Waals surface area contributed by atoms with Crippen LogP contribution in [0, 0.1) is 0 Å². The van der Waals surface area contributed by atoms with Crippen LogP contribution in [0.25, 0.3) is 0 Å². The van der Waals surface area contributed by atoms with Gasteiger partial charge in [-0.3, -0.25) is 14.4 Å². The maximum Gasteiger partial charge on any atom is 0.322 e. The molecule has 0 aliphatic rings. The Morgan fingerprint density at radius 3 is 1.61 bits per heavy atom. The molecule has 0 spiro atoms. The number of amides is 1. The number of ether oxygens (including phenoxy) is 1. The first-order valence-corrected chi connectivity index (χ1v) is 18.9. The molecule has 1 amide bonds. The summed E-state index contributed by atoms with van der Waals surface area (Å²) in [6.07, 6.45) is 52.7. The van der Waals surface area contributed by atoms with Crippen LogP contribution in [0.5, 0.6) is 0 Å². The number of carbonyl (C=O) groups is 3. The van der Waals surface area contributed by atoms with E-state index in [1.165, 1.54) is 12.8 Å². The van der Waals surface area contributed by atoms with Gasteiger partial charge in [-0.05, 0) is 96.0 Å². The highest BCUT2D eigenvalue weighted by Crippen LogP contribution is 2.14. The minimum absolute atomic E-state index is 0.149. The molecule has 6 nitrogen and oxygen atoms in total. The van der Waals surface area contributed by atoms with Gasteiger partial charge in [0, 0.05) is 12.8 Å². The normalized spacial score (nSPS) is 13.2. The Kier molecular flexibility index (Phi) is 34.4. The molecule has 1 atom stereocenters. The van der Waals surface area contributed by atoms with Gasteiger partial charge in [-0.15, -0.1) is 0 Å². The zero-order valence-electron chi connectivity index (χ0n) is 30.7. The van der Waals surface area contributed by atoms with Crippen LogP contribution >= 0.6 is 0 Å². The second kappa shape index (κ2) is 37.2. The van der Waals surface area contributed by atoms with E-state index in [0.29, 0.717) is 12.8 Å². The fraction of sp³-hybridized carbons (Fsp3) is 0.558. The lowest BCUT2D eigenvalue weighted by Crippen LogP contribution is -2.28. The predicted molar refractivity (Wildman–Crippen MR) is 207 cm³/mol. The van der Waals surface area contributed by atoms with Crippen molar-refractivity contribution in [2.24, 2.45) is 0 Å². The number of carboxylic acids is 1. The molecule has 0 rings (SSSR count). The monoisotopic (exact) mass is 678 g/mol. The highest BCUT2D eigenvalue weighted by Gasteiger charge is 2.11. The van der Waals surface area contributed by atoms with Crippen molar-refractivity contribution in [1.82, 2.24) is 5.32 Å². The lowest BCUT2D eigenvalue weighted by molar-refractivity contribution is -0.147. The lowest BCUT2D eigenvalue weighted by Gasteiger charge is -2.14.